The van der Waals surface area contributed by atoms with Crippen molar-refractivity contribution >= 4 is 10.0 Å². The van der Waals surface area contributed by atoms with Crippen LogP contribution in [-0.2, 0) is 16.4 Å². The zero-order valence-electron chi connectivity index (χ0n) is 10.6. The highest BCUT2D eigenvalue weighted by molar-refractivity contribution is 7.89. The van der Waals surface area contributed by atoms with Crippen molar-refractivity contribution in [2.75, 3.05) is 26.0 Å². The standard InChI is InChI=1S/C12H20N2O3S/c1-14(18(16,17)11-5-4-10-15)9-7-12-6-2-3-8-13-12/h2-3,6,8,15H,4-5,7,9-11H2,1H3. The summed E-state index contributed by atoms with van der Waals surface area (Å²) in [6.07, 6.45) is 3.32. The third-order valence-electron chi connectivity index (χ3n) is 2.69. The molecule has 6 heteroatoms. The van der Waals surface area contributed by atoms with Gasteiger partial charge in [-0.2, -0.15) is 0 Å². The lowest BCUT2D eigenvalue weighted by molar-refractivity contribution is 0.287. The number of hydrogen-bond acceptors (Lipinski definition) is 4. The Morgan fingerprint density at radius 3 is 2.72 bits per heavy atom. The van der Waals surface area contributed by atoms with Gasteiger partial charge in [0.2, 0.25) is 10.0 Å². The van der Waals surface area contributed by atoms with E-state index in [4.69, 9.17) is 5.11 Å². The van der Waals surface area contributed by atoms with Gasteiger partial charge in [-0.3, -0.25) is 4.98 Å². The Morgan fingerprint density at radius 2 is 2.11 bits per heavy atom. The second-order valence-electron chi connectivity index (χ2n) is 4.14. The summed E-state index contributed by atoms with van der Waals surface area (Å²) in [6, 6.07) is 5.60. The summed E-state index contributed by atoms with van der Waals surface area (Å²) < 4.78 is 25.1. The van der Waals surface area contributed by atoms with E-state index < -0.39 is 10.0 Å². The van der Waals surface area contributed by atoms with Gasteiger partial charge < -0.3 is 5.11 Å². The van der Waals surface area contributed by atoms with Crippen LogP contribution in [0.1, 0.15) is 18.5 Å². The van der Waals surface area contributed by atoms with Crippen LogP contribution in [0.3, 0.4) is 0 Å². The van der Waals surface area contributed by atoms with Crippen molar-refractivity contribution < 1.29 is 13.5 Å². The first kappa shape index (κ1) is 15.1. The first-order chi connectivity index (χ1) is 8.56. The van der Waals surface area contributed by atoms with Gasteiger partial charge in [-0.25, -0.2) is 12.7 Å². The van der Waals surface area contributed by atoms with Crippen LogP contribution in [0, 0.1) is 0 Å². The van der Waals surface area contributed by atoms with Crippen molar-refractivity contribution in [3.8, 4) is 0 Å². The van der Waals surface area contributed by atoms with E-state index in [0.717, 1.165) is 5.69 Å². The van der Waals surface area contributed by atoms with E-state index in [9.17, 15) is 8.42 Å². The average molecular weight is 272 g/mol. The second kappa shape index (κ2) is 7.45. The SMILES string of the molecule is CN(CCc1ccccn1)S(=O)(=O)CCCCO. The lowest BCUT2D eigenvalue weighted by atomic mass is 10.3. The highest BCUT2D eigenvalue weighted by Crippen LogP contribution is 2.04. The molecule has 1 heterocycles. The van der Waals surface area contributed by atoms with Crippen LogP contribution in [0.4, 0.5) is 0 Å². The highest BCUT2D eigenvalue weighted by Gasteiger charge is 2.16. The molecule has 0 aliphatic rings. The van der Waals surface area contributed by atoms with Crippen LogP contribution in [0.15, 0.2) is 24.4 Å². The van der Waals surface area contributed by atoms with Crippen molar-refractivity contribution in [2.24, 2.45) is 0 Å². The molecule has 0 fully saturated rings. The summed E-state index contributed by atoms with van der Waals surface area (Å²) >= 11 is 0. The number of nitrogens with zero attached hydrogens (tertiary/aromatic N) is 2. The van der Waals surface area contributed by atoms with E-state index in [1.807, 2.05) is 18.2 Å². The third kappa shape index (κ3) is 5.12. The van der Waals surface area contributed by atoms with Crippen molar-refractivity contribution in [1.82, 2.24) is 9.29 Å². The van der Waals surface area contributed by atoms with Gasteiger partial charge in [-0.1, -0.05) is 6.07 Å². The number of aliphatic hydroxyl groups is 1. The largest absolute Gasteiger partial charge is 0.396 e. The number of pyridine rings is 1. The number of rotatable bonds is 8. The minimum absolute atomic E-state index is 0.0349. The normalized spacial score (nSPS) is 11.9. The number of likely N-dealkylation sites (N-methyl/N-ethyl adjacent to an activating group) is 1. The smallest absolute Gasteiger partial charge is 0.213 e. The van der Waals surface area contributed by atoms with Gasteiger partial charge in [0.1, 0.15) is 0 Å². The molecule has 18 heavy (non-hydrogen) atoms. The van der Waals surface area contributed by atoms with E-state index in [2.05, 4.69) is 4.98 Å². The maximum absolute atomic E-state index is 11.9. The summed E-state index contributed by atoms with van der Waals surface area (Å²) in [7, 11) is -1.63. The second-order valence-corrected chi connectivity index (χ2v) is 6.33. The fourth-order valence-electron chi connectivity index (χ4n) is 1.51. The minimum atomic E-state index is -3.21. The quantitative estimate of drug-likeness (QED) is 0.706. The molecule has 0 spiro atoms. The zero-order chi connectivity index (χ0) is 13.4. The molecule has 5 nitrogen and oxygen atoms in total. The number of aromatic nitrogens is 1. The van der Waals surface area contributed by atoms with Crippen molar-refractivity contribution in [3.05, 3.63) is 30.1 Å². The van der Waals surface area contributed by atoms with Gasteiger partial charge in [0, 0.05) is 38.5 Å². The predicted octanol–water partition coefficient (Wildman–Crippen LogP) is 0.658. The van der Waals surface area contributed by atoms with Gasteiger partial charge in [0.05, 0.1) is 5.75 Å². The first-order valence-corrected chi connectivity index (χ1v) is 7.62. The van der Waals surface area contributed by atoms with Crippen LogP contribution in [0.2, 0.25) is 0 Å². The van der Waals surface area contributed by atoms with Crippen molar-refractivity contribution in [2.45, 2.75) is 19.3 Å². The monoisotopic (exact) mass is 272 g/mol. The molecule has 0 radical (unpaired) electrons. The Labute approximate surface area is 109 Å². The number of sulfonamides is 1. The molecule has 0 amide bonds. The molecule has 0 bridgehead atoms. The third-order valence-corrected chi connectivity index (χ3v) is 4.63. The number of hydrogen-bond donors (Lipinski definition) is 1. The molecule has 0 atom stereocenters. The maximum atomic E-state index is 11.9. The molecule has 0 unspecified atom stereocenters. The molecule has 0 saturated heterocycles. The first-order valence-electron chi connectivity index (χ1n) is 6.01. The van der Waals surface area contributed by atoms with Gasteiger partial charge in [-0.05, 0) is 25.0 Å². The van der Waals surface area contributed by atoms with E-state index in [-0.39, 0.29) is 12.4 Å². The van der Waals surface area contributed by atoms with Gasteiger partial charge in [0.15, 0.2) is 0 Å². The van der Waals surface area contributed by atoms with Gasteiger partial charge in [-0.15, -0.1) is 0 Å². The van der Waals surface area contributed by atoms with Crippen LogP contribution in [0.5, 0.6) is 0 Å². The van der Waals surface area contributed by atoms with Gasteiger partial charge >= 0.3 is 0 Å². The van der Waals surface area contributed by atoms with Crippen LogP contribution in [-0.4, -0.2) is 48.8 Å². The molecule has 1 aromatic rings. The molecular formula is C12H20N2O3S. The summed E-state index contributed by atoms with van der Waals surface area (Å²) in [5.74, 6) is 0.0896. The predicted molar refractivity (Wildman–Crippen MR) is 70.7 cm³/mol. The minimum Gasteiger partial charge on any atom is -0.396 e. The van der Waals surface area contributed by atoms with E-state index in [1.54, 1.807) is 13.2 Å². The van der Waals surface area contributed by atoms with Crippen molar-refractivity contribution in [1.29, 1.82) is 0 Å². The number of aliphatic hydroxyl groups excluding tert-OH is 1. The lowest BCUT2D eigenvalue weighted by Gasteiger charge is -2.16. The lowest BCUT2D eigenvalue weighted by Crippen LogP contribution is -2.31. The molecular weight excluding hydrogens is 252 g/mol. The van der Waals surface area contributed by atoms with Gasteiger partial charge in [0.25, 0.3) is 0 Å². The topological polar surface area (TPSA) is 70.5 Å². The van der Waals surface area contributed by atoms with Crippen LogP contribution >= 0.6 is 0 Å². The molecule has 1 N–H and O–H groups in total. The summed E-state index contributed by atoms with van der Waals surface area (Å²) in [5.41, 5.74) is 0.884. The summed E-state index contributed by atoms with van der Waals surface area (Å²) in [6.45, 7) is 0.464. The van der Waals surface area contributed by atoms with Crippen molar-refractivity contribution in [3.63, 3.8) is 0 Å². The highest BCUT2D eigenvalue weighted by atomic mass is 32.2. The molecule has 102 valence electrons. The Bertz CT molecular complexity index is 434. The Hall–Kier alpha value is -0.980. The van der Waals surface area contributed by atoms with E-state index in [0.29, 0.717) is 25.8 Å². The molecule has 1 aromatic heterocycles. The summed E-state index contributed by atoms with van der Waals surface area (Å²) in [5, 5.41) is 8.64. The average Bonchev–Trinajstić information content (AvgIpc) is 2.37. The molecule has 0 aliphatic heterocycles. The maximum Gasteiger partial charge on any atom is 0.213 e. The van der Waals surface area contributed by atoms with Crippen LogP contribution in [0.25, 0.3) is 0 Å². The Kier molecular flexibility index (Phi) is 6.24. The fraction of sp³-hybridized carbons (Fsp3) is 0.583. The van der Waals surface area contributed by atoms with E-state index >= 15 is 0 Å². The van der Waals surface area contributed by atoms with E-state index in [1.165, 1.54) is 4.31 Å². The molecule has 0 aromatic carbocycles. The summed E-state index contributed by atoms with van der Waals surface area (Å²) in [4.78, 5) is 4.15. The zero-order valence-corrected chi connectivity index (χ0v) is 11.4. The molecule has 0 aliphatic carbocycles. The molecule has 0 saturated carbocycles. The Balaban J connectivity index is 2.42. The number of unbranched alkanes of at least 4 members (excludes halogenated alkanes) is 1. The van der Waals surface area contributed by atoms with Crippen LogP contribution < -0.4 is 0 Å². The molecule has 1 rings (SSSR count). The fourth-order valence-corrected chi connectivity index (χ4v) is 2.76. The Morgan fingerprint density at radius 1 is 1.33 bits per heavy atom.